The molecule has 0 saturated heterocycles. The topological polar surface area (TPSA) is 34.0 Å². The Kier molecular flexibility index (Phi) is 5.47. The molecular weight excluding hydrogens is 536 g/mol. The third kappa shape index (κ3) is 3.78. The van der Waals surface area contributed by atoms with Crippen LogP contribution in [-0.2, 0) is 0 Å². The van der Waals surface area contributed by atoms with E-state index in [1.807, 2.05) is 18.2 Å². The third-order valence-corrected chi connectivity index (χ3v) is 8.50. The van der Waals surface area contributed by atoms with Crippen molar-refractivity contribution < 1.29 is 0 Å². The molecule has 8 aromatic rings. The fourth-order valence-electron chi connectivity index (χ4n) is 6.57. The van der Waals surface area contributed by atoms with Crippen LogP contribution in [0.25, 0.3) is 61.4 Å². The van der Waals surface area contributed by atoms with E-state index < -0.39 is 0 Å². The van der Waals surface area contributed by atoms with Gasteiger partial charge in [-0.1, -0.05) is 97.1 Å². The van der Waals surface area contributed by atoms with E-state index in [1.165, 1.54) is 11.1 Å². The van der Waals surface area contributed by atoms with Crippen LogP contribution >= 0.6 is 0 Å². The monoisotopic (exact) mass is 562 g/mol. The zero-order valence-electron chi connectivity index (χ0n) is 23.8. The lowest BCUT2D eigenvalue weighted by Gasteiger charge is -2.33. The van der Waals surface area contributed by atoms with Gasteiger partial charge in [-0.15, -0.1) is 0 Å². The molecule has 4 nitrogen and oxygen atoms in total. The highest BCUT2D eigenvalue weighted by molar-refractivity contribution is 6.13. The summed E-state index contributed by atoms with van der Waals surface area (Å²) in [5.41, 5.74) is 13.0. The van der Waals surface area contributed by atoms with Gasteiger partial charge < -0.3 is 4.90 Å². The number of benzene rings is 6. The van der Waals surface area contributed by atoms with Crippen molar-refractivity contribution in [1.82, 2.24) is 14.5 Å². The smallest absolute Gasteiger partial charge is 0.145 e. The van der Waals surface area contributed by atoms with E-state index in [-0.39, 0.29) is 0 Å². The number of anilines is 3. The Labute approximate surface area is 255 Å². The van der Waals surface area contributed by atoms with E-state index in [1.54, 1.807) is 0 Å². The van der Waals surface area contributed by atoms with Crippen LogP contribution in [0.1, 0.15) is 0 Å². The maximum Gasteiger partial charge on any atom is 0.145 e. The van der Waals surface area contributed by atoms with Crippen LogP contribution in [0.2, 0.25) is 0 Å². The molecule has 0 unspecified atom stereocenters. The van der Waals surface area contributed by atoms with Crippen LogP contribution in [0, 0.1) is 0 Å². The van der Waals surface area contributed by atoms with Crippen molar-refractivity contribution in [3.05, 3.63) is 158 Å². The molecule has 1 aliphatic heterocycles. The van der Waals surface area contributed by atoms with Gasteiger partial charge in [0.1, 0.15) is 5.82 Å². The summed E-state index contributed by atoms with van der Waals surface area (Å²) in [6, 6.07) is 55.3. The first-order valence-electron chi connectivity index (χ1n) is 14.9. The zero-order chi connectivity index (χ0) is 29.0. The maximum atomic E-state index is 5.14. The molecule has 6 aromatic carbocycles. The SMILES string of the molecule is c1ccc(-c2cc3c4c(cccc4n2)N(c2cccc(-c4nc5ccccc5n4-c4ccccc4)c2)c2ccccc2-3)cc1. The summed E-state index contributed by atoms with van der Waals surface area (Å²) in [4.78, 5) is 12.7. The maximum absolute atomic E-state index is 5.14. The van der Waals surface area contributed by atoms with Crippen molar-refractivity contribution in [1.29, 1.82) is 0 Å². The van der Waals surface area contributed by atoms with Crippen molar-refractivity contribution >= 4 is 39.0 Å². The van der Waals surface area contributed by atoms with E-state index in [2.05, 4.69) is 149 Å². The fraction of sp³-hybridized carbons (Fsp3) is 0. The molecule has 3 heterocycles. The highest BCUT2D eigenvalue weighted by Gasteiger charge is 2.27. The van der Waals surface area contributed by atoms with Gasteiger partial charge in [-0.05, 0) is 66.2 Å². The number of aromatic nitrogens is 3. The molecule has 2 aromatic heterocycles. The Balaban J connectivity index is 1.26. The van der Waals surface area contributed by atoms with Crippen LogP contribution in [-0.4, -0.2) is 14.5 Å². The number of nitrogens with zero attached hydrogens (tertiary/aromatic N) is 4. The molecule has 1 aliphatic rings. The molecule has 4 heteroatoms. The summed E-state index contributed by atoms with van der Waals surface area (Å²) in [6.45, 7) is 0. The van der Waals surface area contributed by atoms with Gasteiger partial charge in [-0.3, -0.25) is 4.57 Å². The van der Waals surface area contributed by atoms with Gasteiger partial charge in [0.25, 0.3) is 0 Å². The summed E-state index contributed by atoms with van der Waals surface area (Å²) >= 11 is 0. The lowest BCUT2D eigenvalue weighted by molar-refractivity contribution is 1.10. The second-order valence-electron chi connectivity index (χ2n) is 11.1. The van der Waals surface area contributed by atoms with Gasteiger partial charge in [0.15, 0.2) is 0 Å². The number of hydrogen-bond acceptors (Lipinski definition) is 3. The molecule has 0 bridgehead atoms. The Bertz CT molecular complexity index is 2340. The first-order valence-corrected chi connectivity index (χ1v) is 14.9. The van der Waals surface area contributed by atoms with E-state index >= 15 is 0 Å². The average molecular weight is 563 g/mol. The molecular formula is C40H26N4. The number of hydrogen-bond donors (Lipinski definition) is 0. The van der Waals surface area contributed by atoms with Crippen LogP contribution < -0.4 is 4.90 Å². The van der Waals surface area contributed by atoms with Gasteiger partial charge in [-0.2, -0.15) is 0 Å². The zero-order valence-corrected chi connectivity index (χ0v) is 23.8. The van der Waals surface area contributed by atoms with Gasteiger partial charge in [0, 0.05) is 33.5 Å². The second kappa shape index (κ2) is 9.79. The standard InChI is InChI=1S/C40H26N4/c1-3-13-27(14-4-1)35-26-32-31-19-7-9-22-36(31)43(38-24-12-21-34(41-35)39(32)38)30-18-11-15-28(25-30)40-42-33-20-8-10-23-37(33)44(40)29-16-5-2-6-17-29/h1-26H. The largest absolute Gasteiger partial charge is 0.309 e. The first-order chi connectivity index (χ1) is 21.8. The van der Waals surface area contributed by atoms with E-state index in [4.69, 9.17) is 9.97 Å². The van der Waals surface area contributed by atoms with Gasteiger partial charge >= 0.3 is 0 Å². The Morgan fingerprint density at radius 1 is 0.432 bits per heavy atom. The molecule has 44 heavy (non-hydrogen) atoms. The van der Waals surface area contributed by atoms with Crippen molar-refractivity contribution in [3.8, 4) is 39.5 Å². The first kappa shape index (κ1) is 24.6. The molecule has 9 rings (SSSR count). The third-order valence-electron chi connectivity index (χ3n) is 8.50. The number of rotatable bonds is 4. The van der Waals surface area contributed by atoms with Crippen molar-refractivity contribution in [2.75, 3.05) is 4.90 Å². The van der Waals surface area contributed by atoms with Gasteiger partial charge in [-0.25, -0.2) is 9.97 Å². The van der Waals surface area contributed by atoms with Crippen LogP contribution in [0.4, 0.5) is 17.1 Å². The molecule has 0 N–H and O–H groups in total. The van der Waals surface area contributed by atoms with Crippen molar-refractivity contribution in [2.24, 2.45) is 0 Å². The molecule has 0 amide bonds. The predicted octanol–water partition coefficient (Wildman–Crippen LogP) is 10.4. The average Bonchev–Trinajstić information content (AvgIpc) is 3.49. The summed E-state index contributed by atoms with van der Waals surface area (Å²) < 4.78 is 2.25. The van der Waals surface area contributed by atoms with Crippen molar-refractivity contribution in [3.63, 3.8) is 0 Å². The number of imidazole rings is 1. The number of para-hydroxylation sites is 4. The number of fused-ring (bicyclic) bond motifs is 3. The Hall–Kier alpha value is -6.00. The van der Waals surface area contributed by atoms with Crippen molar-refractivity contribution in [2.45, 2.75) is 0 Å². The molecule has 0 aliphatic carbocycles. The second-order valence-corrected chi connectivity index (χ2v) is 11.1. The molecule has 0 atom stereocenters. The van der Waals surface area contributed by atoms with Crippen LogP contribution in [0.3, 0.4) is 0 Å². The highest BCUT2D eigenvalue weighted by Crippen LogP contribution is 2.51. The van der Waals surface area contributed by atoms with E-state index in [9.17, 15) is 0 Å². The molecule has 0 fully saturated rings. The minimum absolute atomic E-state index is 0.914. The van der Waals surface area contributed by atoms with E-state index in [0.29, 0.717) is 0 Å². The lowest BCUT2D eigenvalue weighted by Crippen LogP contribution is -2.15. The summed E-state index contributed by atoms with van der Waals surface area (Å²) in [7, 11) is 0. The minimum atomic E-state index is 0.914. The fourth-order valence-corrected chi connectivity index (χ4v) is 6.57. The predicted molar refractivity (Wildman–Crippen MR) is 181 cm³/mol. The summed E-state index contributed by atoms with van der Waals surface area (Å²) in [6.07, 6.45) is 0. The Morgan fingerprint density at radius 3 is 1.98 bits per heavy atom. The Morgan fingerprint density at radius 2 is 1.09 bits per heavy atom. The minimum Gasteiger partial charge on any atom is -0.309 e. The highest BCUT2D eigenvalue weighted by atomic mass is 15.2. The molecule has 0 saturated carbocycles. The molecule has 0 radical (unpaired) electrons. The van der Waals surface area contributed by atoms with Crippen LogP contribution in [0.15, 0.2) is 158 Å². The number of pyridine rings is 1. The van der Waals surface area contributed by atoms with Gasteiger partial charge in [0.2, 0.25) is 0 Å². The normalized spacial score (nSPS) is 12.0. The summed E-state index contributed by atoms with van der Waals surface area (Å²) in [5.74, 6) is 0.914. The molecule has 0 spiro atoms. The lowest BCUT2D eigenvalue weighted by atomic mass is 9.91. The quantitative estimate of drug-likeness (QED) is 0.214. The van der Waals surface area contributed by atoms with Gasteiger partial charge in [0.05, 0.1) is 33.6 Å². The summed E-state index contributed by atoms with van der Waals surface area (Å²) in [5, 5.41) is 1.16. The van der Waals surface area contributed by atoms with E-state index in [0.717, 1.165) is 67.3 Å². The van der Waals surface area contributed by atoms with Crippen LogP contribution in [0.5, 0.6) is 0 Å². The molecule has 206 valence electrons.